The van der Waals surface area contributed by atoms with Gasteiger partial charge in [0.05, 0.1) is 9.92 Å². The van der Waals surface area contributed by atoms with Gasteiger partial charge in [-0.15, -0.1) is 12.4 Å². The van der Waals surface area contributed by atoms with Gasteiger partial charge in [0.1, 0.15) is 5.54 Å². The van der Waals surface area contributed by atoms with Crippen molar-refractivity contribution in [1.29, 1.82) is 0 Å². The fraction of sp³-hybridized carbons (Fsp3) is 0.312. The lowest BCUT2D eigenvalue weighted by atomic mass is 9.92. The molecule has 0 amide bonds. The molecule has 0 aliphatic carbocycles. The Morgan fingerprint density at radius 1 is 1.28 bits per heavy atom. The molecule has 0 unspecified atom stereocenters. The molecule has 0 saturated carbocycles. The van der Waals surface area contributed by atoms with Crippen molar-refractivity contribution in [2.75, 3.05) is 13.2 Å². The molecule has 158 valence electrons. The first-order valence-electron chi connectivity index (χ1n) is 8.18. The van der Waals surface area contributed by atoms with Crippen LogP contribution in [0.15, 0.2) is 34.3 Å². The maximum atomic E-state index is 12.9. The molecule has 1 aliphatic rings. The van der Waals surface area contributed by atoms with Gasteiger partial charge in [0, 0.05) is 43.0 Å². The number of carboxylic acid groups (broad SMARTS) is 1. The molecule has 2 heterocycles. The molecule has 1 aromatic heterocycles. The molecule has 0 radical (unpaired) electrons. The Hall–Kier alpha value is -2.18. The van der Waals surface area contributed by atoms with Crippen molar-refractivity contribution in [3.63, 3.8) is 0 Å². The van der Waals surface area contributed by atoms with Crippen molar-refractivity contribution in [1.82, 2.24) is 9.71 Å². The summed E-state index contributed by atoms with van der Waals surface area (Å²) >= 11 is 6.12. The zero-order valence-electron chi connectivity index (χ0n) is 15.0. The number of carboxylic acids is 1. The van der Waals surface area contributed by atoms with Crippen molar-refractivity contribution in [3.05, 3.63) is 29.4 Å². The third-order valence-corrected chi connectivity index (χ3v) is 6.26. The van der Waals surface area contributed by atoms with E-state index < -0.39 is 21.5 Å². The number of ether oxygens (including phenoxy) is 1. The van der Waals surface area contributed by atoms with Crippen LogP contribution in [-0.4, -0.2) is 49.2 Å². The number of aromatic nitrogens is 1. The third kappa shape index (κ3) is 4.70. The van der Waals surface area contributed by atoms with Crippen LogP contribution in [0, 0.1) is 0 Å². The summed E-state index contributed by atoms with van der Waals surface area (Å²) in [6.45, 7) is 0.279. The van der Waals surface area contributed by atoms with E-state index in [2.05, 4.69) is 14.7 Å². The SMILES string of the molecule is Cl.NC(N)=Nc1ncc(Cl)c2ccc(S(=O)(=O)NC3(C(=O)O)CCOCC3)cc12. The number of nitrogens with zero attached hydrogens (tertiary/aromatic N) is 2. The Morgan fingerprint density at radius 3 is 2.52 bits per heavy atom. The molecule has 1 fully saturated rings. The average Bonchev–Trinajstić information content (AvgIpc) is 2.64. The number of pyridine rings is 1. The van der Waals surface area contributed by atoms with E-state index in [0.29, 0.717) is 10.8 Å². The highest BCUT2D eigenvalue weighted by molar-refractivity contribution is 7.89. The van der Waals surface area contributed by atoms with Crippen LogP contribution in [0.3, 0.4) is 0 Å². The van der Waals surface area contributed by atoms with Crippen molar-refractivity contribution >= 4 is 62.6 Å². The van der Waals surface area contributed by atoms with Gasteiger partial charge in [0.25, 0.3) is 0 Å². The highest BCUT2D eigenvalue weighted by Gasteiger charge is 2.43. The molecular weight excluding hydrogens is 445 g/mol. The second-order valence-corrected chi connectivity index (χ2v) is 8.37. The van der Waals surface area contributed by atoms with Gasteiger partial charge in [-0.3, -0.25) is 4.79 Å². The van der Waals surface area contributed by atoms with Crippen LogP contribution >= 0.6 is 24.0 Å². The molecular formula is C16H19Cl2N5O5S. The quantitative estimate of drug-likeness (QED) is 0.377. The van der Waals surface area contributed by atoms with Crippen LogP contribution in [0.2, 0.25) is 5.02 Å². The standard InChI is InChI=1S/C16H18ClN5O5S.ClH/c17-12-8-20-13(21-15(18)19)11-7-9(1-2-10(11)12)28(25,26)22-16(14(23)24)3-5-27-6-4-16;/h1-2,7-8,22H,3-6H2,(H,23,24)(H4,18,19,20,21);1H. The molecule has 3 rings (SSSR count). The molecule has 1 saturated heterocycles. The summed E-state index contributed by atoms with van der Waals surface area (Å²) in [5.74, 6) is -1.42. The van der Waals surface area contributed by atoms with Crippen LogP contribution < -0.4 is 16.2 Å². The Bertz CT molecular complexity index is 1070. The predicted molar refractivity (Wildman–Crippen MR) is 110 cm³/mol. The van der Waals surface area contributed by atoms with E-state index >= 15 is 0 Å². The van der Waals surface area contributed by atoms with E-state index in [1.807, 2.05) is 0 Å². The van der Waals surface area contributed by atoms with Crippen molar-refractivity contribution in [2.24, 2.45) is 16.5 Å². The Balaban J connectivity index is 0.00000300. The van der Waals surface area contributed by atoms with Gasteiger partial charge in [0.15, 0.2) is 11.8 Å². The smallest absolute Gasteiger partial charge is 0.325 e. The van der Waals surface area contributed by atoms with Gasteiger partial charge in [-0.25, -0.2) is 13.4 Å². The first-order valence-corrected chi connectivity index (χ1v) is 10.0. The first-order chi connectivity index (χ1) is 13.1. The zero-order valence-corrected chi connectivity index (χ0v) is 17.4. The largest absolute Gasteiger partial charge is 0.480 e. The van der Waals surface area contributed by atoms with Crippen LogP contribution in [-0.2, 0) is 19.6 Å². The summed E-state index contributed by atoms with van der Waals surface area (Å²) in [6, 6.07) is 4.11. The number of guanidine groups is 1. The molecule has 29 heavy (non-hydrogen) atoms. The molecule has 2 aromatic rings. The van der Waals surface area contributed by atoms with E-state index in [0.717, 1.165) is 0 Å². The molecule has 0 spiro atoms. The lowest BCUT2D eigenvalue weighted by Crippen LogP contribution is -2.57. The van der Waals surface area contributed by atoms with E-state index in [4.69, 9.17) is 27.8 Å². The fourth-order valence-electron chi connectivity index (χ4n) is 2.95. The number of fused-ring (bicyclic) bond motifs is 1. The van der Waals surface area contributed by atoms with Crippen LogP contribution in [0.4, 0.5) is 5.82 Å². The highest BCUT2D eigenvalue weighted by Crippen LogP contribution is 2.32. The second kappa shape index (κ2) is 8.67. The van der Waals surface area contributed by atoms with Gasteiger partial charge in [-0.05, 0) is 12.1 Å². The van der Waals surface area contributed by atoms with Crippen LogP contribution in [0.5, 0.6) is 0 Å². The first kappa shape index (κ1) is 23.1. The average molecular weight is 464 g/mol. The molecule has 1 aromatic carbocycles. The summed E-state index contributed by atoms with van der Waals surface area (Å²) in [4.78, 5) is 19.5. The van der Waals surface area contributed by atoms with E-state index in [1.54, 1.807) is 0 Å². The molecule has 0 atom stereocenters. The summed E-state index contributed by atoms with van der Waals surface area (Å²) in [5.41, 5.74) is 9.16. The number of hydrogen-bond acceptors (Lipinski definition) is 6. The number of benzene rings is 1. The van der Waals surface area contributed by atoms with Gasteiger partial charge in [-0.2, -0.15) is 9.71 Å². The van der Waals surface area contributed by atoms with E-state index in [-0.39, 0.29) is 60.2 Å². The molecule has 0 bridgehead atoms. The summed E-state index contributed by atoms with van der Waals surface area (Å²) < 4.78 is 33.3. The summed E-state index contributed by atoms with van der Waals surface area (Å²) in [5, 5.41) is 10.7. The van der Waals surface area contributed by atoms with E-state index in [9.17, 15) is 18.3 Å². The van der Waals surface area contributed by atoms with Crippen LogP contribution in [0.1, 0.15) is 12.8 Å². The Kier molecular flexibility index (Phi) is 6.91. The zero-order chi connectivity index (χ0) is 20.5. The number of rotatable bonds is 5. The normalized spacial score (nSPS) is 16.0. The molecule has 13 heteroatoms. The maximum absolute atomic E-state index is 12.9. The topological polar surface area (TPSA) is 170 Å². The predicted octanol–water partition coefficient (Wildman–Crippen LogP) is 1.13. The minimum Gasteiger partial charge on any atom is -0.480 e. The number of halogens is 2. The number of hydrogen-bond donors (Lipinski definition) is 4. The summed E-state index contributed by atoms with van der Waals surface area (Å²) in [7, 11) is -4.18. The Morgan fingerprint density at radius 2 is 1.93 bits per heavy atom. The summed E-state index contributed by atoms with van der Waals surface area (Å²) in [6.07, 6.45) is 1.38. The number of nitrogens with one attached hydrogen (secondary N) is 1. The van der Waals surface area contributed by atoms with Crippen molar-refractivity contribution in [2.45, 2.75) is 23.3 Å². The number of aliphatic carboxylic acids is 1. The van der Waals surface area contributed by atoms with E-state index in [1.165, 1.54) is 24.4 Å². The van der Waals surface area contributed by atoms with Crippen molar-refractivity contribution in [3.8, 4) is 0 Å². The monoisotopic (exact) mass is 463 g/mol. The lowest BCUT2D eigenvalue weighted by Gasteiger charge is -2.33. The number of carbonyl (C=O) groups is 1. The number of aliphatic imine (C=N–C) groups is 1. The lowest BCUT2D eigenvalue weighted by molar-refractivity contribution is -0.147. The molecule has 6 N–H and O–H groups in total. The Labute approximate surface area is 177 Å². The fourth-order valence-corrected chi connectivity index (χ4v) is 4.61. The third-order valence-electron chi connectivity index (χ3n) is 4.42. The minimum atomic E-state index is -4.18. The maximum Gasteiger partial charge on any atom is 0.325 e. The number of sulfonamides is 1. The van der Waals surface area contributed by atoms with Gasteiger partial charge >= 0.3 is 5.97 Å². The van der Waals surface area contributed by atoms with Gasteiger partial charge < -0.3 is 21.3 Å². The van der Waals surface area contributed by atoms with Crippen LogP contribution in [0.25, 0.3) is 10.8 Å². The second-order valence-electron chi connectivity index (χ2n) is 6.28. The van der Waals surface area contributed by atoms with Gasteiger partial charge in [0.2, 0.25) is 10.0 Å². The molecule has 1 aliphatic heterocycles. The number of nitrogens with two attached hydrogens (primary N) is 2. The van der Waals surface area contributed by atoms with Gasteiger partial charge in [-0.1, -0.05) is 17.7 Å². The minimum absolute atomic E-state index is 0. The van der Waals surface area contributed by atoms with Crippen molar-refractivity contribution < 1.29 is 23.1 Å². The molecule has 10 nitrogen and oxygen atoms in total. The highest BCUT2D eigenvalue weighted by atomic mass is 35.5.